The monoisotopic (exact) mass is 470 g/mol. The summed E-state index contributed by atoms with van der Waals surface area (Å²) in [5, 5.41) is 14.5. The Morgan fingerprint density at radius 3 is 2.91 bits per heavy atom. The molecule has 0 spiro atoms. The molecule has 0 aliphatic carbocycles. The van der Waals surface area contributed by atoms with Gasteiger partial charge in [-0.2, -0.15) is 5.10 Å². The number of carbonyl (C=O) groups excluding carboxylic acids is 3. The molecule has 0 radical (unpaired) electrons. The lowest BCUT2D eigenvalue weighted by Crippen LogP contribution is -2.40. The van der Waals surface area contributed by atoms with Crippen LogP contribution in [0.25, 0.3) is 11.5 Å². The Balaban J connectivity index is 1.24. The second-order valence-electron chi connectivity index (χ2n) is 7.46. The van der Waals surface area contributed by atoms with Crippen LogP contribution in [0.3, 0.4) is 0 Å². The van der Waals surface area contributed by atoms with E-state index in [0.29, 0.717) is 41.7 Å². The van der Waals surface area contributed by atoms with E-state index >= 15 is 0 Å². The van der Waals surface area contributed by atoms with Crippen molar-refractivity contribution in [2.24, 2.45) is 5.92 Å². The van der Waals surface area contributed by atoms with Gasteiger partial charge in [0.05, 0.1) is 30.8 Å². The molecule has 3 aromatic rings. The Bertz CT molecular complexity index is 1190. The summed E-state index contributed by atoms with van der Waals surface area (Å²) in [6.45, 7) is 0.734. The summed E-state index contributed by atoms with van der Waals surface area (Å²) in [5.74, 6) is -0.250. The largest absolute Gasteiger partial charge is 0.463 e. The number of aromatic nitrogens is 3. The topological polar surface area (TPSA) is 148 Å². The van der Waals surface area contributed by atoms with Crippen molar-refractivity contribution >= 4 is 34.2 Å². The molecule has 3 amide bonds. The zero-order valence-corrected chi connectivity index (χ0v) is 18.4. The van der Waals surface area contributed by atoms with Gasteiger partial charge in [0.1, 0.15) is 5.69 Å². The Morgan fingerprint density at radius 1 is 1.27 bits per heavy atom. The van der Waals surface area contributed by atoms with Crippen LogP contribution >= 0.6 is 11.3 Å². The van der Waals surface area contributed by atoms with Crippen LogP contribution in [0.15, 0.2) is 45.1 Å². The molecular weight excluding hydrogens is 448 g/mol. The molecule has 0 saturated carbocycles. The molecule has 1 atom stereocenters. The number of amides is 3. The number of thiazole rings is 1. The third-order valence-electron chi connectivity index (χ3n) is 5.05. The number of hydrogen-bond acceptors (Lipinski definition) is 8. The van der Waals surface area contributed by atoms with Crippen LogP contribution in [0.5, 0.6) is 0 Å². The van der Waals surface area contributed by atoms with Gasteiger partial charge in [0.25, 0.3) is 5.56 Å². The van der Waals surface area contributed by atoms with E-state index in [1.165, 1.54) is 28.3 Å². The van der Waals surface area contributed by atoms with Crippen molar-refractivity contribution in [2.45, 2.75) is 25.8 Å². The third kappa shape index (κ3) is 5.92. The van der Waals surface area contributed by atoms with Crippen molar-refractivity contribution in [1.29, 1.82) is 0 Å². The number of rotatable bonds is 8. The maximum Gasteiger partial charge on any atom is 0.266 e. The van der Waals surface area contributed by atoms with Gasteiger partial charge < -0.3 is 20.4 Å². The van der Waals surface area contributed by atoms with Crippen molar-refractivity contribution in [3.8, 4) is 11.5 Å². The van der Waals surface area contributed by atoms with E-state index in [1.54, 1.807) is 23.6 Å². The van der Waals surface area contributed by atoms with Gasteiger partial charge >= 0.3 is 0 Å². The van der Waals surface area contributed by atoms with E-state index in [0.717, 1.165) is 0 Å². The van der Waals surface area contributed by atoms with Crippen molar-refractivity contribution in [2.75, 3.05) is 18.4 Å². The molecule has 4 rings (SSSR count). The van der Waals surface area contributed by atoms with Crippen molar-refractivity contribution < 1.29 is 18.8 Å². The lowest BCUT2D eigenvalue weighted by Gasteiger charge is -2.20. The Hall–Kier alpha value is -3.80. The van der Waals surface area contributed by atoms with E-state index in [4.69, 9.17) is 4.42 Å². The minimum absolute atomic E-state index is 0.0423. The van der Waals surface area contributed by atoms with Gasteiger partial charge in [0.15, 0.2) is 10.9 Å². The second-order valence-corrected chi connectivity index (χ2v) is 8.32. The molecule has 12 heteroatoms. The van der Waals surface area contributed by atoms with Gasteiger partial charge in [-0.1, -0.05) is 0 Å². The van der Waals surface area contributed by atoms with E-state index in [-0.39, 0.29) is 48.7 Å². The molecule has 1 aliphatic heterocycles. The molecule has 172 valence electrons. The molecule has 3 N–H and O–H groups in total. The van der Waals surface area contributed by atoms with Crippen molar-refractivity contribution in [1.82, 2.24) is 25.4 Å². The molecule has 1 unspecified atom stereocenters. The molecule has 1 saturated heterocycles. The highest BCUT2D eigenvalue weighted by Gasteiger charge is 2.25. The molecule has 0 aromatic carbocycles. The van der Waals surface area contributed by atoms with Gasteiger partial charge in [-0.05, 0) is 24.6 Å². The average molecular weight is 471 g/mol. The summed E-state index contributed by atoms with van der Waals surface area (Å²) in [6.07, 6.45) is 2.40. The number of nitrogens with one attached hydrogen (secondary N) is 3. The van der Waals surface area contributed by atoms with Crippen LogP contribution in [0, 0.1) is 5.92 Å². The first kappa shape index (κ1) is 22.4. The first-order chi connectivity index (χ1) is 16.0. The van der Waals surface area contributed by atoms with Gasteiger partial charge in [0, 0.05) is 31.0 Å². The molecule has 11 nitrogen and oxygen atoms in total. The fourth-order valence-corrected chi connectivity index (χ4v) is 4.02. The molecular formula is C21H22N6O5S. The summed E-state index contributed by atoms with van der Waals surface area (Å²) >= 11 is 1.23. The van der Waals surface area contributed by atoms with Crippen LogP contribution < -0.4 is 21.5 Å². The van der Waals surface area contributed by atoms with E-state index in [1.807, 2.05) is 0 Å². The maximum absolute atomic E-state index is 12.3. The predicted octanol–water partition coefficient (Wildman–Crippen LogP) is 0.783. The molecule has 3 aromatic heterocycles. The summed E-state index contributed by atoms with van der Waals surface area (Å²) in [4.78, 5) is 52.1. The summed E-state index contributed by atoms with van der Waals surface area (Å²) in [6, 6.07) is 6.46. The van der Waals surface area contributed by atoms with E-state index < -0.39 is 0 Å². The Labute approximate surface area is 192 Å². The zero-order chi connectivity index (χ0) is 23.2. The van der Waals surface area contributed by atoms with Crippen molar-refractivity contribution in [3.05, 3.63) is 52.0 Å². The Kier molecular flexibility index (Phi) is 6.93. The minimum Gasteiger partial charge on any atom is -0.463 e. The van der Waals surface area contributed by atoms with Crippen molar-refractivity contribution in [3.63, 3.8) is 0 Å². The number of carbonyl (C=O) groups is 3. The van der Waals surface area contributed by atoms with Crippen LogP contribution in [0.2, 0.25) is 0 Å². The number of anilines is 1. The first-order valence-electron chi connectivity index (χ1n) is 10.4. The van der Waals surface area contributed by atoms with E-state index in [9.17, 15) is 19.2 Å². The number of nitrogens with zero attached hydrogens (tertiary/aromatic N) is 3. The van der Waals surface area contributed by atoms with Gasteiger partial charge in [-0.25, -0.2) is 9.67 Å². The fraction of sp³-hybridized carbons (Fsp3) is 0.333. The molecule has 0 bridgehead atoms. The summed E-state index contributed by atoms with van der Waals surface area (Å²) in [5.41, 5.74) is 0.774. The number of furan rings is 1. The highest BCUT2D eigenvalue weighted by atomic mass is 32.1. The SMILES string of the molecule is O=C1CCC(C(=O)Nc2nc(CC(=O)NCCn3nc(-c4ccco4)ccc3=O)cs2)CN1. The predicted molar refractivity (Wildman–Crippen MR) is 119 cm³/mol. The van der Waals surface area contributed by atoms with Crippen LogP contribution in [0.4, 0.5) is 5.13 Å². The quantitative estimate of drug-likeness (QED) is 0.441. The van der Waals surface area contributed by atoms with Crippen LogP contribution in [-0.4, -0.2) is 45.6 Å². The summed E-state index contributed by atoms with van der Waals surface area (Å²) < 4.78 is 6.56. The zero-order valence-electron chi connectivity index (χ0n) is 17.6. The lowest BCUT2D eigenvalue weighted by molar-refractivity contribution is -0.126. The average Bonchev–Trinajstić information content (AvgIpc) is 3.48. The highest BCUT2D eigenvalue weighted by Crippen LogP contribution is 2.19. The van der Waals surface area contributed by atoms with Gasteiger partial charge in [-0.15, -0.1) is 11.3 Å². The second kappa shape index (κ2) is 10.2. The number of piperidine rings is 1. The molecule has 1 aliphatic rings. The molecule has 4 heterocycles. The molecule has 1 fully saturated rings. The highest BCUT2D eigenvalue weighted by molar-refractivity contribution is 7.13. The fourth-order valence-electron chi connectivity index (χ4n) is 3.30. The third-order valence-corrected chi connectivity index (χ3v) is 5.85. The Morgan fingerprint density at radius 2 is 2.15 bits per heavy atom. The molecule has 33 heavy (non-hydrogen) atoms. The van der Waals surface area contributed by atoms with Crippen LogP contribution in [0.1, 0.15) is 18.5 Å². The minimum atomic E-state index is -0.290. The van der Waals surface area contributed by atoms with Gasteiger partial charge in [0.2, 0.25) is 17.7 Å². The van der Waals surface area contributed by atoms with Gasteiger partial charge in [-0.3, -0.25) is 19.2 Å². The smallest absolute Gasteiger partial charge is 0.266 e. The lowest BCUT2D eigenvalue weighted by atomic mass is 9.98. The normalized spacial score (nSPS) is 15.6. The standard InChI is InChI=1S/C21H22N6O5S/c28-17-5-3-13(11-23-17)20(31)25-21-24-14(12-33-21)10-18(29)22-7-8-27-19(30)6-4-15(26-27)16-2-1-9-32-16/h1-2,4,6,9,12-13H,3,5,7-8,10-11H2,(H,22,29)(H,23,28)(H,24,25,31). The summed E-state index contributed by atoms with van der Waals surface area (Å²) in [7, 11) is 0. The first-order valence-corrected chi connectivity index (χ1v) is 11.3. The maximum atomic E-state index is 12.3. The van der Waals surface area contributed by atoms with E-state index in [2.05, 4.69) is 26.0 Å². The number of hydrogen-bond donors (Lipinski definition) is 3. The van der Waals surface area contributed by atoms with Crippen LogP contribution in [-0.2, 0) is 27.3 Å².